The van der Waals surface area contributed by atoms with Gasteiger partial charge in [0.15, 0.2) is 0 Å². The summed E-state index contributed by atoms with van der Waals surface area (Å²) in [4.78, 5) is 12.1. The van der Waals surface area contributed by atoms with Crippen LogP contribution in [0.2, 0.25) is 5.02 Å². The summed E-state index contributed by atoms with van der Waals surface area (Å²) in [6.45, 7) is 4.54. The van der Waals surface area contributed by atoms with Gasteiger partial charge in [-0.1, -0.05) is 31.5 Å². The highest BCUT2D eigenvalue weighted by Gasteiger charge is 2.33. The van der Waals surface area contributed by atoms with Crippen LogP contribution in [0.3, 0.4) is 0 Å². The Morgan fingerprint density at radius 2 is 2.26 bits per heavy atom. The number of carbonyl (C=O) groups excluding carboxylic acids is 1. The van der Waals surface area contributed by atoms with Crippen LogP contribution in [0.5, 0.6) is 0 Å². The maximum Gasteiger partial charge on any atom is 0.315 e. The molecule has 0 aromatic heterocycles. The Hall–Kier alpha value is -1.37. The van der Waals surface area contributed by atoms with Gasteiger partial charge in [0.1, 0.15) is 11.4 Å². The summed E-state index contributed by atoms with van der Waals surface area (Å²) in [5.74, 6) is -0.478. The number of carbonyl (C=O) groups is 1. The number of nitrogens with one attached hydrogen (secondary N) is 2. The molecule has 7 heteroatoms. The van der Waals surface area contributed by atoms with E-state index in [-0.39, 0.29) is 19.1 Å². The average molecular weight is 345 g/mol. The highest BCUT2D eigenvalue weighted by molar-refractivity contribution is 6.30. The number of halogens is 2. The summed E-state index contributed by atoms with van der Waals surface area (Å²) < 4.78 is 19.2. The number of ether oxygens (including phenoxy) is 1. The number of aliphatic hydroxyl groups is 1. The fraction of sp³-hybridized carbons (Fsp3) is 0.562. The molecule has 0 bridgehead atoms. The summed E-state index contributed by atoms with van der Waals surface area (Å²) in [6, 6.07) is 3.43. The van der Waals surface area contributed by atoms with Crippen molar-refractivity contribution in [1.82, 2.24) is 10.6 Å². The van der Waals surface area contributed by atoms with Crippen LogP contribution >= 0.6 is 11.6 Å². The first-order valence-corrected chi connectivity index (χ1v) is 7.98. The maximum atomic E-state index is 14.1. The van der Waals surface area contributed by atoms with Crippen LogP contribution in [0, 0.1) is 11.7 Å². The van der Waals surface area contributed by atoms with E-state index in [1.807, 2.05) is 13.8 Å². The van der Waals surface area contributed by atoms with Crippen LogP contribution in [0.1, 0.15) is 31.9 Å². The van der Waals surface area contributed by atoms with Crippen molar-refractivity contribution >= 4 is 17.6 Å². The predicted octanol–water partition coefficient (Wildman–Crippen LogP) is 2.63. The number of benzene rings is 1. The Kier molecular flexibility index (Phi) is 5.84. The fourth-order valence-corrected chi connectivity index (χ4v) is 2.69. The Morgan fingerprint density at radius 3 is 2.83 bits per heavy atom. The molecule has 1 aromatic rings. The maximum absolute atomic E-state index is 14.1. The van der Waals surface area contributed by atoms with Crippen LogP contribution < -0.4 is 10.6 Å². The second-order valence-electron chi connectivity index (χ2n) is 6.24. The lowest BCUT2D eigenvalue weighted by Gasteiger charge is -2.25. The van der Waals surface area contributed by atoms with Crippen molar-refractivity contribution in [2.45, 2.75) is 31.9 Å². The molecule has 1 fully saturated rings. The molecule has 1 saturated heterocycles. The monoisotopic (exact) mass is 344 g/mol. The number of rotatable bonds is 5. The van der Waals surface area contributed by atoms with E-state index in [0.717, 1.165) is 0 Å². The molecule has 0 unspecified atom stereocenters. The van der Waals surface area contributed by atoms with Crippen LogP contribution in [-0.2, 0) is 4.74 Å². The quantitative estimate of drug-likeness (QED) is 0.769. The van der Waals surface area contributed by atoms with Crippen molar-refractivity contribution in [3.8, 4) is 0 Å². The minimum Gasteiger partial charge on any atom is -0.386 e. The van der Waals surface area contributed by atoms with Crippen molar-refractivity contribution in [1.29, 1.82) is 0 Å². The first-order valence-electron chi connectivity index (χ1n) is 7.60. The molecule has 2 amide bonds. The van der Waals surface area contributed by atoms with E-state index in [2.05, 4.69) is 10.6 Å². The van der Waals surface area contributed by atoms with Crippen molar-refractivity contribution in [2.75, 3.05) is 19.8 Å². The predicted molar refractivity (Wildman–Crippen MR) is 85.9 cm³/mol. The van der Waals surface area contributed by atoms with Gasteiger partial charge in [-0.15, -0.1) is 0 Å². The zero-order valence-electron chi connectivity index (χ0n) is 13.2. The Balaban J connectivity index is 2.00. The van der Waals surface area contributed by atoms with Crippen LogP contribution in [-0.4, -0.2) is 36.5 Å². The van der Waals surface area contributed by atoms with Crippen molar-refractivity contribution in [3.05, 3.63) is 34.6 Å². The third-order valence-corrected chi connectivity index (χ3v) is 4.15. The van der Waals surface area contributed by atoms with Gasteiger partial charge in [-0.2, -0.15) is 0 Å². The topological polar surface area (TPSA) is 70.6 Å². The van der Waals surface area contributed by atoms with E-state index in [9.17, 15) is 14.3 Å². The summed E-state index contributed by atoms with van der Waals surface area (Å²) in [7, 11) is 0. The molecule has 3 N–H and O–H groups in total. The Morgan fingerprint density at radius 1 is 1.52 bits per heavy atom. The van der Waals surface area contributed by atoms with Crippen LogP contribution in [0.4, 0.5) is 9.18 Å². The number of urea groups is 1. The van der Waals surface area contributed by atoms with Gasteiger partial charge in [-0.3, -0.25) is 0 Å². The summed E-state index contributed by atoms with van der Waals surface area (Å²) >= 11 is 5.77. The third kappa shape index (κ3) is 4.80. The van der Waals surface area contributed by atoms with Gasteiger partial charge in [-0.25, -0.2) is 9.18 Å². The highest BCUT2D eigenvalue weighted by atomic mass is 35.5. The lowest BCUT2D eigenvalue weighted by atomic mass is 9.95. The molecular formula is C16H22ClFN2O3. The number of hydrogen-bond donors (Lipinski definition) is 3. The van der Waals surface area contributed by atoms with Gasteiger partial charge in [0.25, 0.3) is 0 Å². The van der Waals surface area contributed by atoms with Crippen molar-refractivity contribution < 1.29 is 19.0 Å². The average Bonchev–Trinajstić information content (AvgIpc) is 2.90. The van der Waals surface area contributed by atoms with E-state index >= 15 is 0 Å². The minimum absolute atomic E-state index is 0.0191. The molecule has 0 saturated carbocycles. The SMILES string of the molecule is CC(C)[C@@H](NC(=O)NC[C@@]1(O)CCOC1)c1ccc(Cl)cc1F. The van der Waals surface area contributed by atoms with E-state index in [0.29, 0.717) is 23.6 Å². The number of hydrogen-bond acceptors (Lipinski definition) is 3. The van der Waals surface area contributed by atoms with E-state index in [1.54, 1.807) is 12.1 Å². The van der Waals surface area contributed by atoms with Gasteiger partial charge in [0.2, 0.25) is 0 Å². The normalized spacial score (nSPS) is 22.2. The Bertz CT molecular complexity index is 562. The molecular weight excluding hydrogens is 323 g/mol. The standard InChI is InChI=1S/C16H22ClFN2O3/c1-10(2)14(12-4-3-11(17)7-13(12)18)20-15(21)19-8-16(22)5-6-23-9-16/h3-4,7,10,14,22H,5-6,8-9H2,1-2H3,(H2,19,20,21)/t14-,16+/m1/s1. The van der Waals surface area contributed by atoms with E-state index in [4.69, 9.17) is 16.3 Å². The molecule has 128 valence electrons. The molecule has 1 aliphatic heterocycles. The largest absolute Gasteiger partial charge is 0.386 e. The lowest BCUT2D eigenvalue weighted by Crippen LogP contribution is -2.48. The molecule has 2 atom stereocenters. The van der Waals surface area contributed by atoms with Crippen LogP contribution in [0.25, 0.3) is 0 Å². The van der Waals surface area contributed by atoms with Gasteiger partial charge < -0.3 is 20.5 Å². The molecule has 0 aliphatic carbocycles. The summed E-state index contributed by atoms with van der Waals surface area (Å²) in [5.41, 5.74) is -0.654. The molecule has 1 aromatic carbocycles. The smallest absolute Gasteiger partial charge is 0.315 e. The molecule has 23 heavy (non-hydrogen) atoms. The highest BCUT2D eigenvalue weighted by Crippen LogP contribution is 2.26. The van der Waals surface area contributed by atoms with Gasteiger partial charge >= 0.3 is 6.03 Å². The van der Waals surface area contributed by atoms with E-state index < -0.39 is 23.5 Å². The zero-order valence-corrected chi connectivity index (χ0v) is 14.0. The second-order valence-corrected chi connectivity index (χ2v) is 6.68. The number of amides is 2. The first kappa shape index (κ1) is 18.0. The first-order chi connectivity index (χ1) is 10.8. The molecule has 1 heterocycles. The summed E-state index contributed by atoms with van der Waals surface area (Å²) in [5, 5.41) is 15.8. The fourth-order valence-electron chi connectivity index (χ4n) is 2.53. The summed E-state index contributed by atoms with van der Waals surface area (Å²) in [6.07, 6.45) is 0.479. The molecule has 0 radical (unpaired) electrons. The van der Waals surface area contributed by atoms with Crippen molar-refractivity contribution in [3.63, 3.8) is 0 Å². The minimum atomic E-state index is -1.03. The molecule has 2 rings (SSSR count). The van der Waals surface area contributed by atoms with Gasteiger partial charge in [0.05, 0.1) is 19.2 Å². The molecule has 5 nitrogen and oxygen atoms in total. The zero-order chi connectivity index (χ0) is 17.0. The third-order valence-electron chi connectivity index (χ3n) is 3.91. The molecule has 0 spiro atoms. The Labute approximate surface area is 140 Å². The van der Waals surface area contributed by atoms with Gasteiger partial charge in [0, 0.05) is 23.6 Å². The molecule has 1 aliphatic rings. The van der Waals surface area contributed by atoms with E-state index in [1.165, 1.54) is 6.07 Å². The van der Waals surface area contributed by atoms with Crippen LogP contribution in [0.15, 0.2) is 18.2 Å². The second kappa shape index (κ2) is 7.47. The van der Waals surface area contributed by atoms with Crippen molar-refractivity contribution in [2.24, 2.45) is 5.92 Å². The lowest BCUT2D eigenvalue weighted by molar-refractivity contribution is 0.0290. The van der Waals surface area contributed by atoms with Gasteiger partial charge in [-0.05, 0) is 18.1 Å².